The largest absolute Gasteiger partial charge is 0.493 e. The van der Waals surface area contributed by atoms with Crippen LogP contribution in [0, 0.1) is 11.8 Å². The van der Waals surface area contributed by atoms with E-state index in [0.29, 0.717) is 53.6 Å². The van der Waals surface area contributed by atoms with Gasteiger partial charge in [0.1, 0.15) is 13.2 Å². The molecule has 288 valence electrons. The van der Waals surface area contributed by atoms with Gasteiger partial charge < -0.3 is 34.3 Å². The fourth-order valence-corrected chi connectivity index (χ4v) is 6.31. The third kappa shape index (κ3) is 10.9. The molecule has 11 nitrogen and oxygen atoms in total. The number of allylic oxidation sites excluding steroid dienone is 2. The minimum atomic E-state index is -0.845. The number of amides is 1. The van der Waals surface area contributed by atoms with Gasteiger partial charge in [0, 0.05) is 55.6 Å². The first kappa shape index (κ1) is 40.3. The van der Waals surface area contributed by atoms with E-state index in [4.69, 9.17) is 34.0 Å². The summed E-state index contributed by atoms with van der Waals surface area (Å²) in [4.78, 5) is 35.8. The number of aliphatic carboxylic acids is 1. The van der Waals surface area contributed by atoms with Crippen molar-refractivity contribution in [1.29, 1.82) is 0 Å². The van der Waals surface area contributed by atoms with E-state index in [9.17, 15) is 9.59 Å². The molecule has 0 radical (unpaired) electrons. The number of carboxylic acids is 1. The Hall–Kier alpha value is -5.86. The van der Waals surface area contributed by atoms with E-state index in [1.54, 1.807) is 26.4 Å². The van der Waals surface area contributed by atoms with E-state index in [1.165, 1.54) is 11.1 Å². The number of carbonyl (C=O) groups is 2. The Morgan fingerprint density at radius 1 is 1.04 bits per heavy atom. The van der Waals surface area contributed by atoms with Gasteiger partial charge in [0.15, 0.2) is 23.0 Å². The highest BCUT2D eigenvalue weighted by atomic mass is 16.5. The highest BCUT2D eigenvalue weighted by molar-refractivity contribution is 6.04. The van der Waals surface area contributed by atoms with Gasteiger partial charge in [-0.3, -0.25) is 19.6 Å². The van der Waals surface area contributed by atoms with E-state index in [-0.39, 0.29) is 37.6 Å². The third-order valence-corrected chi connectivity index (χ3v) is 9.53. The molecule has 2 atom stereocenters. The number of aliphatic imine (C=N–C) groups is 2. The van der Waals surface area contributed by atoms with Gasteiger partial charge in [-0.2, -0.15) is 0 Å². The Kier molecular flexibility index (Phi) is 14.3. The zero-order valence-electron chi connectivity index (χ0n) is 32.5. The normalized spacial score (nSPS) is 16.3. The summed E-state index contributed by atoms with van der Waals surface area (Å²) in [5, 5.41) is 12.3. The number of nitrogens with zero attached hydrogens (tertiary/aromatic N) is 3. The molecule has 0 spiro atoms. The second-order valence-corrected chi connectivity index (χ2v) is 13.5. The zero-order chi connectivity index (χ0) is 39.3. The molecular formula is C44H50N4O7. The molecule has 0 bridgehead atoms. The lowest BCUT2D eigenvalue weighted by atomic mass is 10.1. The van der Waals surface area contributed by atoms with Gasteiger partial charge in [-0.15, -0.1) is 0 Å². The Labute approximate surface area is 323 Å². The van der Waals surface area contributed by atoms with Gasteiger partial charge in [0.25, 0.3) is 5.91 Å². The standard InChI is InChI=1S/C44H50N4O7/c1-7-29(3)16-35(45-4)24-46-34-14-15-39(52-5)41(21-34)54-27-32-17-31(12-10-9-11-13-43(49)50)18-33(19-32)28-55-42-23-38-37(22-40(42)53-6)44(51)48-26-30(8-2)20-36(48)25-47-38/h7-8,14-15,17-19,21-25,35-36,45H,9,11,13,16,20,26-28H2,1-6H3,(H,49,50)/b29-7-,30-8+,46-24?. The summed E-state index contributed by atoms with van der Waals surface area (Å²) >= 11 is 0. The van der Waals surface area contributed by atoms with Crippen LogP contribution in [0.2, 0.25) is 0 Å². The van der Waals surface area contributed by atoms with Crippen molar-refractivity contribution in [3.63, 3.8) is 0 Å². The van der Waals surface area contributed by atoms with Gasteiger partial charge in [0.2, 0.25) is 0 Å². The molecule has 3 aromatic rings. The van der Waals surface area contributed by atoms with Crippen LogP contribution in [0.25, 0.3) is 0 Å². The average molecular weight is 747 g/mol. The Balaban J connectivity index is 1.37. The molecule has 1 amide bonds. The van der Waals surface area contributed by atoms with Crippen molar-refractivity contribution >= 4 is 35.7 Å². The van der Waals surface area contributed by atoms with Crippen LogP contribution in [0.1, 0.15) is 79.9 Å². The maximum atomic E-state index is 13.6. The molecule has 0 aromatic heterocycles. The fraction of sp³-hybridized carbons (Fsp3) is 0.364. The number of carboxylic acid groups (broad SMARTS) is 1. The smallest absolute Gasteiger partial charge is 0.303 e. The molecule has 1 saturated heterocycles. The topological polar surface area (TPSA) is 131 Å². The summed E-state index contributed by atoms with van der Waals surface area (Å²) in [6.45, 7) is 7.07. The predicted molar refractivity (Wildman–Crippen MR) is 216 cm³/mol. The van der Waals surface area contributed by atoms with E-state index in [2.05, 4.69) is 36.2 Å². The minimum absolute atomic E-state index is 0.0609. The molecule has 11 heteroatoms. The quantitative estimate of drug-likeness (QED) is 0.0653. The highest BCUT2D eigenvalue weighted by Crippen LogP contribution is 2.39. The predicted octanol–water partition coefficient (Wildman–Crippen LogP) is 7.99. The Morgan fingerprint density at radius 3 is 2.42 bits per heavy atom. The second kappa shape index (κ2) is 19.5. The molecule has 0 saturated carbocycles. The summed E-state index contributed by atoms with van der Waals surface area (Å²) in [7, 11) is 5.06. The van der Waals surface area contributed by atoms with Crippen LogP contribution >= 0.6 is 0 Å². The number of ether oxygens (including phenoxy) is 4. The Morgan fingerprint density at radius 2 is 1.76 bits per heavy atom. The number of carbonyl (C=O) groups excluding carboxylic acids is 1. The van der Waals surface area contributed by atoms with Gasteiger partial charge in [-0.05, 0) is 94.6 Å². The van der Waals surface area contributed by atoms with E-state index < -0.39 is 5.97 Å². The summed E-state index contributed by atoms with van der Waals surface area (Å²) in [5.74, 6) is 7.34. The first-order valence-corrected chi connectivity index (χ1v) is 18.5. The molecule has 1 fully saturated rings. The molecule has 0 aliphatic carbocycles. The molecule has 5 rings (SSSR count). The number of hydrogen-bond acceptors (Lipinski definition) is 9. The number of methoxy groups -OCH3 is 2. The molecule has 2 unspecified atom stereocenters. The van der Waals surface area contributed by atoms with Crippen molar-refractivity contribution < 1.29 is 33.6 Å². The van der Waals surface area contributed by atoms with Crippen LogP contribution in [0.15, 0.2) is 81.8 Å². The lowest BCUT2D eigenvalue weighted by Gasteiger charge is -2.20. The number of benzene rings is 3. The van der Waals surface area contributed by atoms with Crippen molar-refractivity contribution in [3.8, 4) is 34.8 Å². The SMILES string of the molecule is C/C=C(/C)CC(C=Nc1ccc(OC)c(OCc2cc(C#CCCCC(=O)O)cc(COc3cc4c(cc3OC)C(=O)N3C/C(=C/C)CC3C=N4)c2)c1)NC. The first-order chi connectivity index (χ1) is 26.6. The minimum Gasteiger partial charge on any atom is -0.493 e. The zero-order valence-corrected chi connectivity index (χ0v) is 32.5. The number of fused-ring (bicyclic) bond motifs is 2. The summed E-state index contributed by atoms with van der Waals surface area (Å²) < 4.78 is 24.0. The molecule has 3 aromatic carbocycles. The third-order valence-electron chi connectivity index (χ3n) is 9.53. The van der Waals surface area contributed by atoms with Gasteiger partial charge in [0.05, 0.1) is 37.2 Å². The lowest BCUT2D eigenvalue weighted by Crippen LogP contribution is -2.35. The fourth-order valence-electron chi connectivity index (χ4n) is 6.31. The molecule has 55 heavy (non-hydrogen) atoms. The number of nitrogens with one attached hydrogen (secondary N) is 1. The van der Waals surface area contributed by atoms with Crippen molar-refractivity contribution in [2.24, 2.45) is 9.98 Å². The van der Waals surface area contributed by atoms with Crippen molar-refractivity contribution in [3.05, 3.63) is 94.1 Å². The second-order valence-electron chi connectivity index (χ2n) is 13.5. The van der Waals surface area contributed by atoms with Crippen LogP contribution in [-0.2, 0) is 18.0 Å². The van der Waals surface area contributed by atoms with Crippen LogP contribution in [0.3, 0.4) is 0 Å². The summed E-state index contributed by atoms with van der Waals surface area (Å²) in [5.41, 5.74) is 6.61. The van der Waals surface area contributed by atoms with Crippen LogP contribution in [0.4, 0.5) is 11.4 Å². The summed E-state index contributed by atoms with van der Waals surface area (Å²) in [6.07, 6.45) is 10.5. The van der Waals surface area contributed by atoms with Crippen molar-refractivity contribution in [1.82, 2.24) is 10.2 Å². The maximum absolute atomic E-state index is 13.6. The summed E-state index contributed by atoms with van der Waals surface area (Å²) in [6, 6.07) is 14.9. The van der Waals surface area contributed by atoms with Crippen LogP contribution in [0.5, 0.6) is 23.0 Å². The number of rotatable bonds is 16. The lowest BCUT2D eigenvalue weighted by molar-refractivity contribution is -0.137. The van der Waals surface area contributed by atoms with Crippen LogP contribution < -0.4 is 24.3 Å². The van der Waals surface area contributed by atoms with Crippen LogP contribution in [-0.4, -0.2) is 74.2 Å². The number of unbranched alkanes of at least 4 members (excludes halogenated alkanes) is 1. The molecule has 2 heterocycles. The van der Waals surface area contributed by atoms with Gasteiger partial charge in [-0.1, -0.05) is 35.1 Å². The molecular weight excluding hydrogens is 697 g/mol. The van der Waals surface area contributed by atoms with E-state index >= 15 is 0 Å². The molecule has 2 aliphatic rings. The van der Waals surface area contributed by atoms with E-state index in [1.807, 2.05) is 74.6 Å². The van der Waals surface area contributed by atoms with Gasteiger partial charge >= 0.3 is 5.97 Å². The van der Waals surface area contributed by atoms with Crippen molar-refractivity contribution in [2.75, 3.05) is 27.8 Å². The van der Waals surface area contributed by atoms with Crippen molar-refractivity contribution in [2.45, 2.75) is 78.2 Å². The van der Waals surface area contributed by atoms with E-state index in [0.717, 1.165) is 35.2 Å². The monoisotopic (exact) mass is 746 g/mol. The maximum Gasteiger partial charge on any atom is 0.303 e. The average Bonchev–Trinajstić information content (AvgIpc) is 3.57. The van der Waals surface area contributed by atoms with Gasteiger partial charge in [-0.25, -0.2) is 0 Å². The molecule has 2 aliphatic heterocycles. The number of hydrogen-bond donors (Lipinski definition) is 2. The Bertz CT molecular complexity index is 2060. The first-order valence-electron chi connectivity index (χ1n) is 18.5. The highest BCUT2D eigenvalue weighted by Gasteiger charge is 2.34. The molecule has 2 N–H and O–H groups in total.